The molecule has 0 amide bonds. The first-order chi connectivity index (χ1) is 15.4. The lowest BCUT2D eigenvalue weighted by Crippen LogP contribution is -2.18. The maximum Gasteiger partial charge on any atom is 0.333 e. The Morgan fingerprint density at radius 2 is 1.50 bits per heavy atom. The van der Waals surface area contributed by atoms with Gasteiger partial charge < -0.3 is 9.64 Å². The molecule has 2 rings (SSSR count). The van der Waals surface area contributed by atoms with Gasteiger partial charge in [-0.3, -0.25) is 10.1 Å². The first-order valence-corrected chi connectivity index (χ1v) is 10.7. The van der Waals surface area contributed by atoms with E-state index in [-0.39, 0.29) is 11.7 Å². The summed E-state index contributed by atoms with van der Waals surface area (Å²) in [5.74, 6) is -0.314. The van der Waals surface area contributed by atoms with Crippen molar-refractivity contribution in [3.63, 3.8) is 0 Å². The lowest BCUT2D eigenvalue weighted by Gasteiger charge is -2.19. The molecule has 0 heterocycles. The minimum absolute atomic E-state index is 0.0282. The molecule has 0 unspecified atom stereocenters. The van der Waals surface area contributed by atoms with Crippen molar-refractivity contribution in [1.29, 1.82) is 0 Å². The molecule has 0 atom stereocenters. The molecular formula is C24H30N4O4. The van der Waals surface area contributed by atoms with E-state index in [1.54, 1.807) is 19.1 Å². The van der Waals surface area contributed by atoms with Gasteiger partial charge in [-0.25, -0.2) is 4.79 Å². The Morgan fingerprint density at radius 1 is 0.969 bits per heavy atom. The summed E-state index contributed by atoms with van der Waals surface area (Å²) in [4.78, 5) is 23.7. The topological polar surface area (TPSA) is 97.4 Å². The second-order valence-corrected chi connectivity index (χ2v) is 7.60. The van der Waals surface area contributed by atoms with Crippen LogP contribution in [0.3, 0.4) is 0 Å². The van der Waals surface area contributed by atoms with Gasteiger partial charge in [0.05, 0.1) is 22.9 Å². The molecule has 0 aliphatic carbocycles. The van der Waals surface area contributed by atoms with Gasteiger partial charge >= 0.3 is 5.97 Å². The fraction of sp³-hybridized carbons (Fsp3) is 0.375. The molecule has 0 aliphatic rings. The predicted molar refractivity (Wildman–Crippen MR) is 126 cm³/mol. The van der Waals surface area contributed by atoms with Crippen LogP contribution in [0.15, 0.2) is 70.9 Å². The molecule has 0 fully saturated rings. The number of hydrogen-bond donors (Lipinski definition) is 0. The zero-order valence-corrected chi connectivity index (χ0v) is 18.7. The highest BCUT2D eigenvalue weighted by Gasteiger charge is 2.04. The number of benzene rings is 2. The van der Waals surface area contributed by atoms with Gasteiger partial charge in [-0.2, -0.15) is 10.2 Å². The van der Waals surface area contributed by atoms with Gasteiger partial charge in [0.15, 0.2) is 0 Å². The minimum Gasteiger partial charge on any atom is -0.462 e. The maximum atomic E-state index is 11.3. The number of carbonyl (C=O) groups is 1. The molecule has 0 saturated carbocycles. The number of rotatable bonds is 13. The molecule has 0 bridgehead atoms. The van der Waals surface area contributed by atoms with Crippen molar-refractivity contribution >= 4 is 28.7 Å². The van der Waals surface area contributed by atoms with Crippen molar-refractivity contribution in [3.05, 3.63) is 70.8 Å². The predicted octanol–water partition coefficient (Wildman–Crippen LogP) is 6.52. The van der Waals surface area contributed by atoms with Gasteiger partial charge in [-0.15, -0.1) is 0 Å². The third-order valence-corrected chi connectivity index (χ3v) is 4.85. The standard InChI is InChI=1S/C24H30N4O4/c1-19(2)24(29)32-18-8-6-4-5-7-17-27(3)22-13-9-20(10-14-22)25-26-21-11-15-23(16-12-21)28(30)31/h9-16H,1,4-8,17-18H2,2-3H3. The normalized spacial score (nSPS) is 10.8. The van der Waals surface area contributed by atoms with Gasteiger partial charge in [-0.1, -0.05) is 25.8 Å². The van der Waals surface area contributed by atoms with Crippen LogP contribution in [0.4, 0.5) is 22.7 Å². The van der Waals surface area contributed by atoms with Gasteiger partial charge in [0.1, 0.15) is 0 Å². The van der Waals surface area contributed by atoms with Gasteiger partial charge in [0, 0.05) is 37.0 Å². The van der Waals surface area contributed by atoms with Crippen LogP contribution in [0, 0.1) is 10.1 Å². The van der Waals surface area contributed by atoms with E-state index < -0.39 is 4.92 Å². The highest BCUT2D eigenvalue weighted by molar-refractivity contribution is 5.86. The molecule has 0 aromatic heterocycles. The third kappa shape index (κ3) is 8.67. The van der Waals surface area contributed by atoms with Crippen LogP contribution < -0.4 is 4.90 Å². The van der Waals surface area contributed by atoms with Gasteiger partial charge in [0.25, 0.3) is 5.69 Å². The van der Waals surface area contributed by atoms with Crippen LogP contribution in [0.2, 0.25) is 0 Å². The fourth-order valence-corrected chi connectivity index (χ4v) is 2.93. The Balaban J connectivity index is 1.67. The summed E-state index contributed by atoms with van der Waals surface area (Å²) >= 11 is 0. The van der Waals surface area contributed by atoms with E-state index in [9.17, 15) is 14.9 Å². The first kappa shape index (κ1) is 24.7. The Labute approximate surface area is 188 Å². The molecular weight excluding hydrogens is 408 g/mol. The Kier molecular flexibility index (Phi) is 10.0. The summed E-state index contributed by atoms with van der Waals surface area (Å²) in [6.07, 6.45) is 5.25. The van der Waals surface area contributed by atoms with Crippen LogP contribution >= 0.6 is 0 Å². The van der Waals surface area contributed by atoms with Crippen LogP contribution in [-0.2, 0) is 9.53 Å². The summed E-state index contributed by atoms with van der Waals surface area (Å²) in [5, 5.41) is 19.0. The van der Waals surface area contributed by atoms with Crippen LogP contribution in [0.5, 0.6) is 0 Å². The number of anilines is 1. The number of nitro benzene ring substituents is 1. The zero-order chi connectivity index (χ0) is 23.3. The number of ether oxygens (including phenoxy) is 1. The SMILES string of the molecule is C=C(C)C(=O)OCCCCCCCN(C)c1ccc(N=Nc2ccc([N+](=O)[O-])cc2)cc1. The second kappa shape index (κ2) is 13.0. The summed E-state index contributed by atoms with van der Waals surface area (Å²) < 4.78 is 5.09. The van der Waals surface area contributed by atoms with Crippen molar-refractivity contribution in [1.82, 2.24) is 0 Å². The van der Waals surface area contributed by atoms with E-state index in [0.717, 1.165) is 44.3 Å². The van der Waals surface area contributed by atoms with Crippen LogP contribution in [0.25, 0.3) is 0 Å². The summed E-state index contributed by atoms with van der Waals surface area (Å²) in [7, 11) is 2.06. The van der Waals surface area contributed by atoms with E-state index in [2.05, 4.69) is 28.8 Å². The molecule has 0 N–H and O–H groups in total. The molecule has 170 valence electrons. The maximum absolute atomic E-state index is 11.3. The third-order valence-electron chi connectivity index (χ3n) is 4.85. The van der Waals surface area contributed by atoms with Crippen molar-refractivity contribution < 1.29 is 14.5 Å². The highest BCUT2D eigenvalue weighted by Crippen LogP contribution is 2.23. The average Bonchev–Trinajstić information content (AvgIpc) is 2.79. The van der Waals surface area contributed by atoms with Crippen molar-refractivity contribution in [2.45, 2.75) is 39.0 Å². The molecule has 0 saturated heterocycles. The van der Waals surface area contributed by atoms with E-state index >= 15 is 0 Å². The average molecular weight is 439 g/mol. The molecule has 8 heteroatoms. The number of azo groups is 1. The molecule has 0 radical (unpaired) electrons. The van der Waals surface area contributed by atoms with Gasteiger partial charge in [0.2, 0.25) is 0 Å². The number of hydrogen-bond acceptors (Lipinski definition) is 7. The van der Waals surface area contributed by atoms with Crippen molar-refractivity contribution in [3.8, 4) is 0 Å². The minimum atomic E-state index is -0.444. The fourth-order valence-electron chi connectivity index (χ4n) is 2.93. The molecule has 8 nitrogen and oxygen atoms in total. The monoisotopic (exact) mass is 438 g/mol. The number of esters is 1. The van der Waals surface area contributed by atoms with E-state index in [1.807, 2.05) is 24.3 Å². The lowest BCUT2D eigenvalue weighted by atomic mass is 10.1. The molecule has 0 aliphatic heterocycles. The van der Waals surface area contributed by atoms with Gasteiger partial charge in [-0.05, 0) is 56.2 Å². The lowest BCUT2D eigenvalue weighted by molar-refractivity contribution is -0.384. The Bertz CT molecular complexity index is 924. The number of nitro groups is 1. The summed E-state index contributed by atoms with van der Waals surface area (Å²) in [6, 6.07) is 13.7. The highest BCUT2D eigenvalue weighted by atomic mass is 16.6. The first-order valence-electron chi connectivity index (χ1n) is 10.7. The number of carbonyl (C=O) groups excluding carboxylic acids is 1. The second-order valence-electron chi connectivity index (χ2n) is 7.60. The molecule has 2 aromatic carbocycles. The van der Waals surface area contributed by atoms with Crippen LogP contribution in [0.1, 0.15) is 39.0 Å². The smallest absolute Gasteiger partial charge is 0.333 e. The summed E-state index contributed by atoms with van der Waals surface area (Å²) in [5.41, 5.74) is 2.85. The molecule has 2 aromatic rings. The molecule has 0 spiro atoms. The molecule has 32 heavy (non-hydrogen) atoms. The number of unbranched alkanes of at least 4 members (excludes halogenated alkanes) is 4. The number of nitrogens with zero attached hydrogens (tertiary/aromatic N) is 4. The van der Waals surface area contributed by atoms with Crippen molar-refractivity contribution in [2.24, 2.45) is 10.2 Å². The summed E-state index contributed by atoms with van der Waals surface area (Å²) in [6.45, 7) is 6.62. The van der Waals surface area contributed by atoms with E-state index in [1.165, 1.54) is 12.1 Å². The van der Waals surface area contributed by atoms with Crippen LogP contribution in [-0.4, -0.2) is 31.1 Å². The largest absolute Gasteiger partial charge is 0.462 e. The Morgan fingerprint density at radius 3 is 2.06 bits per heavy atom. The van der Waals surface area contributed by atoms with E-state index in [0.29, 0.717) is 23.6 Å². The Hall–Kier alpha value is -3.55. The van der Waals surface area contributed by atoms with Crippen molar-refractivity contribution in [2.75, 3.05) is 25.1 Å². The zero-order valence-electron chi connectivity index (χ0n) is 18.7. The number of non-ortho nitro benzene ring substituents is 1. The van der Waals surface area contributed by atoms with E-state index in [4.69, 9.17) is 4.74 Å². The quantitative estimate of drug-likeness (QED) is 0.0886.